The van der Waals surface area contributed by atoms with Crippen LogP contribution in [-0.4, -0.2) is 34.0 Å². The van der Waals surface area contributed by atoms with Crippen LogP contribution in [0.3, 0.4) is 0 Å². The average molecular weight is 431 g/mol. The van der Waals surface area contributed by atoms with Gasteiger partial charge in [-0.25, -0.2) is 0 Å². The lowest BCUT2D eigenvalue weighted by Crippen LogP contribution is -2.49. The number of fused-ring (bicyclic) bond motifs is 1. The zero-order valence-corrected chi connectivity index (χ0v) is 17.0. The Kier molecular flexibility index (Phi) is 5.49. The van der Waals surface area contributed by atoms with E-state index in [1.807, 2.05) is 25.1 Å². The predicted octanol–water partition coefficient (Wildman–Crippen LogP) is 1.92. The second-order valence-electron chi connectivity index (χ2n) is 6.44. The largest absolute Gasteiger partial charge is 0.451 e. The fraction of sp³-hybridized carbons (Fsp3) is 0.278. The Hall–Kier alpha value is -2.92. The number of nitrogens with zero attached hydrogens (tertiary/aromatic N) is 2. The summed E-state index contributed by atoms with van der Waals surface area (Å²) in [6.07, 6.45) is 1.72. The summed E-state index contributed by atoms with van der Waals surface area (Å²) in [4.78, 5) is 36.2. The molecule has 3 aromatic rings. The smallest absolute Gasteiger partial charge is 0.327 e. The van der Waals surface area contributed by atoms with Gasteiger partial charge in [0.15, 0.2) is 10.1 Å². The normalized spacial score (nSPS) is 13.3. The molecule has 2 heterocycles. The minimum absolute atomic E-state index is 0.0481. The molecule has 1 fully saturated rings. The van der Waals surface area contributed by atoms with E-state index in [-0.39, 0.29) is 11.8 Å². The maximum Gasteiger partial charge on any atom is 0.327 e. The van der Waals surface area contributed by atoms with Crippen molar-refractivity contribution in [3.8, 4) is 0 Å². The van der Waals surface area contributed by atoms with E-state index in [2.05, 4.69) is 26.4 Å². The molecule has 11 heteroatoms. The third-order valence-corrected chi connectivity index (χ3v) is 6.16. The molecule has 1 aromatic carbocycles. The maximum absolute atomic E-state index is 12.6. The van der Waals surface area contributed by atoms with Crippen LogP contribution in [0.5, 0.6) is 0 Å². The summed E-state index contributed by atoms with van der Waals surface area (Å²) in [5.41, 5.74) is 5.60. The molecule has 0 spiro atoms. The standard InChI is InChI=1S/C18H17N5O4S2/c1-9-20-23-18(29-9)28-8-12-11-4-2-3-5-13(11)27-14(12)15(24)21-22-17(26)16(25)19-10-6-7-10/h2-5,10H,6-8H2,1H3,(H,19,25)(H,21,24)(H,22,26). The molecule has 1 aliphatic carbocycles. The van der Waals surface area contributed by atoms with Crippen LogP contribution >= 0.6 is 23.1 Å². The Morgan fingerprint density at radius 2 is 1.97 bits per heavy atom. The number of amides is 3. The molecule has 1 aliphatic rings. The molecule has 1 saturated carbocycles. The fourth-order valence-corrected chi connectivity index (χ4v) is 4.45. The van der Waals surface area contributed by atoms with Crippen LogP contribution in [0, 0.1) is 6.92 Å². The van der Waals surface area contributed by atoms with E-state index in [0.717, 1.165) is 27.6 Å². The summed E-state index contributed by atoms with van der Waals surface area (Å²) >= 11 is 2.91. The van der Waals surface area contributed by atoms with Crippen molar-refractivity contribution < 1.29 is 18.8 Å². The lowest BCUT2D eigenvalue weighted by Gasteiger charge is -2.07. The molecule has 2 aromatic heterocycles. The monoisotopic (exact) mass is 431 g/mol. The number of aryl methyl sites for hydroxylation is 1. The van der Waals surface area contributed by atoms with Crippen LogP contribution in [0.1, 0.15) is 34.0 Å². The first-order valence-corrected chi connectivity index (χ1v) is 10.7. The quantitative estimate of drug-likeness (QED) is 0.320. The van der Waals surface area contributed by atoms with Gasteiger partial charge in [0.1, 0.15) is 10.6 Å². The number of furan rings is 1. The first kappa shape index (κ1) is 19.4. The number of hydrogen-bond acceptors (Lipinski definition) is 8. The molecule has 3 amide bonds. The highest BCUT2D eigenvalue weighted by Gasteiger charge is 2.27. The highest BCUT2D eigenvalue weighted by atomic mass is 32.2. The van der Waals surface area contributed by atoms with E-state index in [9.17, 15) is 14.4 Å². The zero-order valence-electron chi connectivity index (χ0n) is 15.4. The fourth-order valence-electron chi connectivity index (χ4n) is 2.60. The third-order valence-electron chi connectivity index (χ3n) is 4.16. The average Bonchev–Trinajstić information content (AvgIpc) is 3.31. The van der Waals surface area contributed by atoms with Gasteiger partial charge in [0.2, 0.25) is 0 Å². The summed E-state index contributed by atoms with van der Waals surface area (Å²) in [6.45, 7) is 1.87. The number of aromatic nitrogens is 2. The maximum atomic E-state index is 12.6. The van der Waals surface area contributed by atoms with Crippen molar-refractivity contribution in [3.63, 3.8) is 0 Å². The minimum atomic E-state index is -0.929. The van der Waals surface area contributed by atoms with Crippen molar-refractivity contribution in [1.82, 2.24) is 26.4 Å². The number of carbonyl (C=O) groups excluding carboxylic acids is 3. The number of benzene rings is 1. The Morgan fingerprint density at radius 1 is 1.17 bits per heavy atom. The lowest BCUT2D eigenvalue weighted by molar-refractivity contribution is -0.139. The Labute approximate surface area is 173 Å². The van der Waals surface area contributed by atoms with Gasteiger partial charge in [-0.1, -0.05) is 41.3 Å². The van der Waals surface area contributed by atoms with Gasteiger partial charge < -0.3 is 9.73 Å². The first-order valence-electron chi connectivity index (χ1n) is 8.85. The predicted molar refractivity (Wildman–Crippen MR) is 107 cm³/mol. The second kappa shape index (κ2) is 8.21. The van der Waals surface area contributed by atoms with E-state index in [1.165, 1.54) is 23.1 Å². The first-order chi connectivity index (χ1) is 14.0. The molecule has 0 unspecified atom stereocenters. The summed E-state index contributed by atoms with van der Waals surface area (Å²) in [5.74, 6) is -1.84. The molecule has 9 nitrogen and oxygen atoms in total. The molecule has 150 valence electrons. The highest BCUT2D eigenvalue weighted by molar-refractivity contribution is 8.00. The molecular weight excluding hydrogens is 414 g/mol. The number of hydrogen-bond donors (Lipinski definition) is 3. The van der Waals surface area contributed by atoms with E-state index < -0.39 is 17.7 Å². The van der Waals surface area contributed by atoms with Crippen LogP contribution in [0.15, 0.2) is 33.0 Å². The number of para-hydroxylation sites is 1. The molecule has 0 aliphatic heterocycles. The van der Waals surface area contributed by atoms with Crippen molar-refractivity contribution in [1.29, 1.82) is 0 Å². The van der Waals surface area contributed by atoms with Crippen LogP contribution in [0.25, 0.3) is 11.0 Å². The number of hydrazine groups is 1. The molecule has 0 bridgehead atoms. The molecule has 4 rings (SSSR count). The summed E-state index contributed by atoms with van der Waals surface area (Å²) in [7, 11) is 0. The lowest BCUT2D eigenvalue weighted by atomic mass is 10.1. The van der Waals surface area contributed by atoms with Gasteiger partial charge in [-0.3, -0.25) is 25.2 Å². The Morgan fingerprint density at radius 3 is 2.69 bits per heavy atom. The van der Waals surface area contributed by atoms with Gasteiger partial charge >= 0.3 is 17.7 Å². The van der Waals surface area contributed by atoms with Gasteiger partial charge in [0, 0.05) is 22.7 Å². The van der Waals surface area contributed by atoms with Gasteiger partial charge in [-0.2, -0.15) is 0 Å². The number of thioether (sulfide) groups is 1. The molecule has 0 radical (unpaired) electrons. The van der Waals surface area contributed by atoms with Crippen molar-refractivity contribution in [2.24, 2.45) is 0 Å². The van der Waals surface area contributed by atoms with E-state index in [1.54, 1.807) is 6.07 Å². The zero-order chi connectivity index (χ0) is 20.4. The van der Waals surface area contributed by atoms with Crippen LogP contribution in [0.4, 0.5) is 0 Å². The van der Waals surface area contributed by atoms with Crippen LogP contribution < -0.4 is 16.2 Å². The SMILES string of the molecule is Cc1nnc(SCc2c(C(=O)NNC(=O)C(=O)NC3CC3)oc3ccccc23)s1. The molecular formula is C18H17N5O4S2. The van der Waals surface area contributed by atoms with Gasteiger partial charge in [0.05, 0.1) is 0 Å². The van der Waals surface area contributed by atoms with E-state index >= 15 is 0 Å². The van der Waals surface area contributed by atoms with Crippen LogP contribution in [-0.2, 0) is 15.3 Å². The summed E-state index contributed by atoms with van der Waals surface area (Å²) < 4.78 is 6.49. The number of rotatable bonds is 5. The van der Waals surface area contributed by atoms with Crippen molar-refractivity contribution in [2.75, 3.05) is 0 Å². The Balaban J connectivity index is 1.48. The van der Waals surface area contributed by atoms with Gasteiger partial charge in [-0.15, -0.1) is 10.2 Å². The van der Waals surface area contributed by atoms with E-state index in [0.29, 0.717) is 16.9 Å². The third kappa shape index (κ3) is 4.57. The van der Waals surface area contributed by atoms with Gasteiger partial charge in [0.25, 0.3) is 0 Å². The summed E-state index contributed by atoms with van der Waals surface area (Å²) in [6, 6.07) is 7.33. The molecule has 29 heavy (non-hydrogen) atoms. The van der Waals surface area contributed by atoms with Gasteiger partial charge in [-0.05, 0) is 25.8 Å². The summed E-state index contributed by atoms with van der Waals surface area (Å²) in [5, 5.41) is 12.3. The van der Waals surface area contributed by atoms with Crippen molar-refractivity contribution in [2.45, 2.75) is 35.9 Å². The highest BCUT2D eigenvalue weighted by Crippen LogP contribution is 2.33. The van der Waals surface area contributed by atoms with Crippen molar-refractivity contribution in [3.05, 3.63) is 40.6 Å². The minimum Gasteiger partial charge on any atom is -0.451 e. The van der Waals surface area contributed by atoms with Crippen molar-refractivity contribution >= 4 is 51.8 Å². The molecule has 0 saturated heterocycles. The van der Waals surface area contributed by atoms with Crippen LogP contribution in [0.2, 0.25) is 0 Å². The number of nitrogens with one attached hydrogen (secondary N) is 3. The topological polar surface area (TPSA) is 126 Å². The number of carbonyl (C=O) groups is 3. The molecule has 3 N–H and O–H groups in total. The second-order valence-corrected chi connectivity index (χ2v) is 8.84. The Bertz CT molecular complexity index is 1090. The van der Waals surface area contributed by atoms with E-state index in [4.69, 9.17) is 4.42 Å². The molecule has 0 atom stereocenters.